The lowest BCUT2D eigenvalue weighted by atomic mass is 10.0. The lowest BCUT2D eigenvalue weighted by Crippen LogP contribution is -2.45. The molecule has 0 saturated heterocycles. The number of ether oxygens (including phenoxy) is 1. The maximum Gasteiger partial charge on any atom is 0.241 e. The highest BCUT2D eigenvalue weighted by molar-refractivity contribution is 5.96. The molecule has 0 fully saturated rings. The first-order chi connectivity index (χ1) is 13.8. The van der Waals surface area contributed by atoms with Gasteiger partial charge >= 0.3 is 0 Å². The molecule has 6 nitrogen and oxygen atoms in total. The van der Waals surface area contributed by atoms with Crippen LogP contribution in [0.15, 0.2) is 48.5 Å². The zero-order valence-electron chi connectivity index (χ0n) is 17.9. The number of methoxy groups -OCH3 is 1. The van der Waals surface area contributed by atoms with Gasteiger partial charge < -0.3 is 15.4 Å². The van der Waals surface area contributed by atoms with E-state index in [0.29, 0.717) is 18.2 Å². The number of benzene rings is 2. The Morgan fingerprint density at radius 1 is 0.931 bits per heavy atom. The van der Waals surface area contributed by atoms with Crippen LogP contribution in [0.5, 0.6) is 5.75 Å². The van der Waals surface area contributed by atoms with Crippen molar-refractivity contribution in [1.29, 1.82) is 0 Å². The van der Waals surface area contributed by atoms with Gasteiger partial charge in [0.25, 0.3) is 0 Å². The Balaban J connectivity index is 1.92. The molecule has 2 aromatic rings. The summed E-state index contributed by atoms with van der Waals surface area (Å²) in [6.45, 7) is 8.71. The summed E-state index contributed by atoms with van der Waals surface area (Å²) in [4.78, 5) is 26.9. The number of hydrogen-bond donors (Lipinski definition) is 2. The SMILES string of the molecule is CCN(CC(=O)Nc1ccc(OC)cc1)[C@H](C)C(=O)Nc1ccc(C(C)C)cc1. The molecule has 2 rings (SSSR count). The van der Waals surface area contributed by atoms with Crippen LogP contribution in [0.3, 0.4) is 0 Å². The number of hydrogen-bond acceptors (Lipinski definition) is 4. The average Bonchev–Trinajstić information content (AvgIpc) is 2.72. The van der Waals surface area contributed by atoms with Crippen molar-refractivity contribution in [2.75, 3.05) is 30.8 Å². The highest BCUT2D eigenvalue weighted by atomic mass is 16.5. The summed E-state index contributed by atoms with van der Waals surface area (Å²) in [5.74, 6) is 0.864. The fourth-order valence-electron chi connectivity index (χ4n) is 2.95. The monoisotopic (exact) mass is 397 g/mol. The molecule has 0 aliphatic rings. The van der Waals surface area contributed by atoms with Gasteiger partial charge in [0.15, 0.2) is 0 Å². The van der Waals surface area contributed by atoms with Gasteiger partial charge in [0.1, 0.15) is 5.75 Å². The third kappa shape index (κ3) is 6.61. The number of nitrogens with zero attached hydrogens (tertiary/aromatic N) is 1. The molecule has 0 aromatic heterocycles. The molecular formula is C23H31N3O3. The molecule has 156 valence electrons. The van der Waals surface area contributed by atoms with Crippen LogP contribution in [0.25, 0.3) is 0 Å². The van der Waals surface area contributed by atoms with E-state index >= 15 is 0 Å². The third-order valence-electron chi connectivity index (χ3n) is 4.90. The molecular weight excluding hydrogens is 366 g/mol. The quantitative estimate of drug-likeness (QED) is 0.668. The molecule has 0 radical (unpaired) electrons. The van der Waals surface area contributed by atoms with Gasteiger partial charge in [-0.2, -0.15) is 0 Å². The van der Waals surface area contributed by atoms with Crippen molar-refractivity contribution in [3.05, 3.63) is 54.1 Å². The topological polar surface area (TPSA) is 70.7 Å². The summed E-state index contributed by atoms with van der Waals surface area (Å²) >= 11 is 0. The Hall–Kier alpha value is -2.86. The minimum absolute atomic E-state index is 0.128. The van der Waals surface area contributed by atoms with Gasteiger partial charge in [0.05, 0.1) is 19.7 Å². The van der Waals surface area contributed by atoms with E-state index in [9.17, 15) is 9.59 Å². The summed E-state index contributed by atoms with van der Waals surface area (Å²) in [7, 11) is 1.60. The molecule has 0 saturated carbocycles. The minimum atomic E-state index is -0.439. The van der Waals surface area contributed by atoms with E-state index in [4.69, 9.17) is 4.74 Å². The normalized spacial score (nSPS) is 12.0. The smallest absolute Gasteiger partial charge is 0.241 e. The van der Waals surface area contributed by atoms with E-state index in [1.54, 1.807) is 31.4 Å². The number of amides is 2. The Morgan fingerprint density at radius 3 is 2.00 bits per heavy atom. The third-order valence-corrected chi connectivity index (χ3v) is 4.90. The summed E-state index contributed by atoms with van der Waals surface area (Å²) in [5, 5.41) is 5.78. The van der Waals surface area contributed by atoms with Crippen LogP contribution in [0.1, 0.15) is 39.2 Å². The van der Waals surface area contributed by atoms with E-state index in [1.165, 1.54) is 5.56 Å². The van der Waals surface area contributed by atoms with E-state index in [2.05, 4.69) is 24.5 Å². The first-order valence-corrected chi connectivity index (χ1v) is 9.92. The van der Waals surface area contributed by atoms with Crippen LogP contribution in [0, 0.1) is 0 Å². The van der Waals surface area contributed by atoms with Crippen LogP contribution in [0.2, 0.25) is 0 Å². The second-order valence-electron chi connectivity index (χ2n) is 7.28. The van der Waals surface area contributed by atoms with E-state index in [-0.39, 0.29) is 18.4 Å². The summed E-state index contributed by atoms with van der Waals surface area (Å²) in [6.07, 6.45) is 0. The number of carbonyl (C=O) groups is 2. The van der Waals surface area contributed by atoms with Crippen molar-refractivity contribution in [2.45, 2.75) is 39.7 Å². The van der Waals surface area contributed by atoms with Crippen molar-refractivity contribution in [3.63, 3.8) is 0 Å². The summed E-state index contributed by atoms with van der Waals surface area (Å²) in [5.41, 5.74) is 2.67. The predicted molar refractivity (Wildman–Crippen MR) is 117 cm³/mol. The molecule has 2 aromatic carbocycles. The molecule has 0 spiro atoms. The lowest BCUT2D eigenvalue weighted by Gasteiger charge is -2.26. The highest BCUT2D eigenvalue weighted by Gasteiger charge is 2.22. The predicted octanol–water partition coefficient (Wildman–Crippen LogP) is 4.11. The van der Waals surface area contributed by atoms with Gasteiger partial charge in [-0.1, -0.05) is 32.9 Å². The molecule has 6 heteroatoms. The van der Waals surface area contributed by atoms with E-state index in [0.717, 1.165) is 11.4 Å². The molecule has 2 N–H and O–H groups in total. The number of rotatable bonds is 9. The number of likely N-dealkylation sites (N-methyl/N-ethyl adjacent to an activating group) is 1. The van der Waals surface area contributed by atoms with Gasteiger partial charge in [-0.15, -0.1) is 0 Å². The maximum atomic E-state index is 12.6. The molecule has 0 unspecified atom stereocenters. The Morgan fingerprint density at radius 2 is 1.48 bits per heavy atom. The fraction of sp³-hybridized carbons (Fsp3) is 0.391. The zero-order valence-corrected chi connectivity index (χ0v) is 17.9. The van der Waals surface area contributed by atoms with Gasteiger partial charge in [-0.3, -0.25) is 14.5 Å². The number of anilines is 2. The van der Waals surface area contributed by atoms with Crippen LogP contribution >= 0.6 is 0 Å². The van der Waals surface area contributed by atoms with Gasteiger partial charge in [-0.25, -0.2) is 0 Å². The first-order valence-electron chi connectivity index (χ1n) is 9.92. The highest BCUT2D eigenvalue weighted by Crippen LogP contribution is 2.18. The van der Waals surface area contributed by atoms with Crippen molar-refractivity contribution in [1.82, 2.24) is 4.90 Å². The van der Waals surface area contributed by atoms with Crippen molar-refractivity contribution < 1.29 is 14.3 Å². The second kappa shape index (κ2) is 10.6. The maximum absolute atomic E-state index is 12.6. The molecule has 0 aliphatic carbocycles. The molecule has 0 heterocycles. The van der Waals surface area contributed by atoms with Crippen LogP contribution in [0.4, 0.5) is 11.4 Å². The first kappa shape index (κ1) is 22.4. The van der Waals surface area contributed by atoms with Crippen molar-refractivity contribution in [3.8, 4) is 5.75 Å². The van der Waals surface area contributed by atoms with Crippen molar-refractivity contribution in [2.24, 2.45) is 0 Å². The molecule has 29 heavy (non-hydrogen) atoms. The summed E-state index contributed by atoms with van der Waals surface area (Å²) in [6, 6.07) is 14.6. The standard InChI is InChI=1S/C23H31N3O3/c1-6-26(15-22(27)24-19-11-13-21(29-5)14-12-19)17(4)23(28)25-20-9-7-18(8-10-20)16(2)3/h7-14,16-17H,6,15H2,1-5H3,(H,24,27)(H,25,28)/t17-/m1/s1. The van der Waals surface area contributed by atoms with E-state index < -0.39 is 6.04 Å². The van der Waals surface area contributed by atoms with Crippen LogP contribution in [-0.4, -0.2) is 43.0 Å². The van der Waals surface area contributed by atoms with Gasteiger partial charge in [0.2, 0.25) is 11.8 Å². The van der Waals surface area contributed by atoms with Crippen molar-refractivity contribution >= 4 is 23.2 Å². The Kier molecular flexibility index (Phi) is 8.21. The molecule has 0 aliphatic heterocycles. The lowest BCUT2D eigenvalue weighted by molar-refractivity contribution is -0.123. The Bertz CT molecular complexity index is 801. The molecule has 2 amide bonds. The largest absolute Gasteiger partial charge is 0.497 e. The van der Waals surface area contributed by atoms with Gasteiger partial charge in [-0.05, 0) is 61.3 Å². The Labute approximate surface area is 173 Å². The number of nitrogens with one attached hydrogen (secondary N) is 2. The fourth-order valence-corrected chi connectivity index (χ4v) is 2.95. The zero-order chi connectivity index (χ0) is 21.4. The van der Waals surface area contributed by atoms with Gasteiger partial charge in [0, 0.05) is 11.4 Å². The number of carbonyl (C=O) groups excluding carboxylic acids is 2. The van der Waals surface area contributed by atoms with E-state index in [1.807, 2.05) is 43.0 Å². The molecule has 0 bridgehead atoms. The minimum Gasteiger partial charge on any atom is -0.497 e. The van der Waals surface area contributed by atoms with Crippen LogP contribution < -0.4 is 15.4 Å². The average molecular weight is 398 g/mol. The molecule has 1 atom stereocenters. The van der Waals surface area contributed by atoms with Crippen LogP contribution in [-0.2, 0) is 9.59 Å². The summed E-state index contributed by atoms with van der Waals surface area (Å²) < 4.78 is 5.12. The second-order valence-corrected chi connectivity index (χ2v) is 7.28.